The topological polar surface area (TPSA) is 43.4 Å². The second-order valence-corrected chi connectivity index (χ2v) is 9.23. The summed E-state index contributed by atoms with van der Waals surface area (Å²) in [6.07, 6.45) is 4.35. The molecular formula is C13H23BrO3S. The zero-order valence-corrected chi connectivity index (χ0v) is 13.6. The Labute approximate surface area is 119 Å². The zero-order valence-electron chi connectivity index (χ0n) is 11.2. The van der Waals surface area contributed by atoms with Crippen molar-refractivity contribution in [3.05, 3.63) is 0 Å². The third kappa shape index (κ3) is 3.70. The molecule has 2 fully saturated rings. The first-order valence-electron chi connectivity index (χ1n) is 6.75. The van der Waals surface area contributed by atoms with E-state index in [-0.39, 0.29) is 5.60 Å². The van der Waals surface area contributed by atoms with Gasteiger partial charge in [-0.1, -0.05) is 15.9 Å². The predicted octanol–water partition coefficient (Wildman–Crippen LogP) is 2.78. The van der Waals surface area contributed by atoms with E-state index < -0.39 is 9.84 Å². The quantitative estimate of drug-likeness (QED) is 0.740. The lowest BCUT2D eigenvalue weighted by Crippen LogP contribution is -2.25. The number of ether oxygens (including phenoxy) is 1. The van der Waals surface area contributed by atoms with E-state index in [0.717, 1.165) is 31.0 Å². The van der Waals surface area contributed by atoms with Crippen LogP contribution in [0.2, 0.25) is 0 Å². The third-order valence-corrected chi connectivity index (χ3v) is 6.88. The maximum absolute atomic E-state index is 11.6. The second-order valence-electron chi connectivity index (χ2n) is 6.35. The minimum Gasteiger partial charge on any atom is -0.372 e. The Morgan fingerprint density at radius 3 is 2.56 bits per heavy atom. The molecule has 0 N–H and O–H groups in total. The van der Waals surface area contributed by atoms with Crippen LogP contribution in [0.25, 0.3) is 0 Å². The van der Waals surface area contributed by atoms with Gasteiger partial charge >= 0.3 is 0 Å². The lowest BCUT2D eigenvalue weighted by atomic mass is 9.88. The zero-order chi connectivity index (χ0) is 13.4. The molecule has 0 aromatic carbocycles. The molecule has 3 atom stereocenters. The SMILES string of the molecule is CC1(C)CCC(CC(CBr)C2CCS(=O)(=O)C2)O1. The van der Waals surface area contributed by atoms with Gasteiger partial charge in [-0.15, -0.1) is 0 Å². The van der Waals surface area contributed by atoms with Crippen LogP contribution in [0, 0.1) is 11.8 Å². The molecule has 0 spiro atoms. The first-order valence-corrected chi connectivity index (χ1v) is 9.70. The van der Waals surface area contributed by atoms with Gasteiger partial charge in [-0.2, -0.15) is 0 Å². The minimum absolute atomic E-state index is 0.00326. The summed E-state index contributed by atoms with van der Waals surface area (Å²) >= 11 is 3.55. The van der Waals surface area contributed by atoms with E-state index in [1.54, 1.807) is 0 Å². The highest BCUT2D eigenvalue weighted by atomic mass is 79.9. The van der Waals surface area contributed by atoms with Crippen molar-refractivity contribution in [3.63, 3.8) is 0 Å². The van der Waals surface area contributed by atoms with Crippen LogP contribution in [-0.4, -0.2) is 37.0 Å². The Morgan fingerprint density at radius 1 is 1.39 bits per heavy atom. The standard InChI is InChI=1S/C13H23BrO3S/c1-13(2)5-3-12(17-13)7-11(8-14)10-4-6-18(15,16)9-10/h10-12H,3-9H2,1-2H3. The van der Waals surface area contributed by atoms with Crippen LogP contribution in [0.1, 0.15) is 39.5 Å². The molecule has 0 amide bonds. The molecule has 2 aliphatic rings. The summed E-state index contributed by atoms with van der Waals surface area (Å²) in [7, 11) is -2.77. The number of sulfone groups is 1. The van der Waals surface area contributed by atoms with Crippen molar-refractivity contribution >= 4 is 25.8 Å². The summed E-state index contributed by atoms with van der Waals surface area (Å²) in [6.45, 7) is 4.27. The minimum atomic E-state index is -2.77. The average Bonchev–Trinajstić information content (AvgIpc) is 2.78. The molecule has 3 nitrogen and oxygen atoms in total. The van der Waals surface area contributed by atoms with E-state index >= 15 is 0 Å². The highest BCUT2D eigenvalue weighted by molar-refractivity contribution is 9.09. The smallest absolute Gasteiger partial charge is 0.150 e. The average molecular weight is 339 g/mol. The number of halogens is 1. The summed E-state index contributed by atoms with van der Waals surface area (Å²) in [4.78, 5) is 0. The normalized spacial score (nSPS) is 35.7. The van der Waals surface area contributed by atoms with Crippen molar-refractivity contribution in [2.24, 2.45) is 11.8 Å². The highest BCUT2D eigenvalue weighted by Crippen LogP contribution is 2.37. The van der Waals surface area contributed by atoms with Crippen molar-refractivity contribution in [1.29, 1.82) is 0 Å². The third-order valence-electron chi connectivity index (χ3n) is 4.25. The van der Waals surface area contributed by atoms with Gasteiger partial charge in [0.25, 0.3) is 0 Å². The fraction of sp³-hybridized carbons (Fsp3) is 1.00. The Bertz CT molecular complexity index is 391. The van der Waals surface area contributed by atoms with E-state index in [1.165, 1.54) is 0 Å². The van der Waals surface area contributed by atoms with Crippen molar-refractivity contribution < 1.29 is 13.2 Å². The Hall–Kier alpha value is 0.390. The molecule has 0 aliphatic carbocycles. The van der Waals surface area contributed by atoms with Gasteiger partial charge in [-0.05, 0) is 51.4 Å². The molecule has 2 aliphatic heterocycles. The van der Waals surface area contributed by atoms with E-state index in [0.29, 0.717) is 29.4 Å². The Morgan fingerprint density at radius 2 is 2.11 bits per heavy atom. The summed E-state index contributed by atoms with van der Waals surface area (Å²) in [6, 6.07) is 0. The van der Waals surface area contributed by atoms with Gasteiger partial charge in [0.1, 0.15) is 0 Å². The van der Waals surface area contributed by atoms with Crippen LogP contribution < -0.4 is 0 Å². The highest BCUT2D eigenvalue weighted by Gasteiger charge is 2.37. The molecule has 0 aromatic heterocycles. The number of rotatable bonds is 4. The summed E-state index contributed by atoms with van der Waals surface area (Å²) < 4.78 is 29.1. The molecule has 5 heteroatoms. The van der Waals surface area contributed by atoms with Crippen LogP contribution in [0.15, 0.2) is 0 Å². The summed E-state index contributed by atoms with van der Waals surface area (Å²) in [5.74, 6) is 1.50. The van der Waals surface area contributed by atoms with Gasteiger partial charge < -0.3 is 4.74 Å². The first-order chi connectivity index (χ1) is 8.31. The summed E-state index contributed by atoms with van der Waals surface area (Å²) in [5, 5.41) is 0.882. The van der Waals surface area contributed by atoms with Crippen molar-refractivity contribution in [2.45, 2.75) is 51.2 Å². The molecule has 2 saturated heterocycles. The lowest BCUT2D eigenvalue weighted by molar-refractivity contribution is -0.0258. The van der Waals surface area contributed by atoms with E-state index in [1.807, 2.05) is 0 Å². The van der Waals surface area contributed by atoms with E-state index in [4.69, 9.17) is 4.74 Å². The maximum atomic E-state index is 11.6. The van der Waals surface area contributed by atoms with Gasteiger partial charge in [0.15, 0.2) is 9.84 Å². The fourth-order valence-corrected chi connectivity index (χ4v) is 5.87. The maximum Gasteiger partial charge on any atom is 0.150 e. The molecule has 0 bridgehead atoms. The lowest BCUT2D eigenvalue weighted by Gasteiger charge is -2.25. The molecule has 3 unspecified atom stereocenters. The number of alkyl halides is 1. The van der Waals surface area contributed by atoms with Gasteiger partial charge in [0.2, 0.25) is 0 Å². The number of hydrogen-bond donors (Lipinski definition) is 0. The van der Waals surface area contributed by atoms with Crippen molar-refractivity contribution in [3.8, 4) is 0 Å². The monoisotopic (exact) mass is 338 g/mol. The molecule has 2 rings (SSSR count). The molecule has 0 aromatic rings. The second kappa shape index (κ2) is 5.41. The number of hydrogen-bond acceptors (Lipinski definition) is 3. The van der Waals surface area contributed by atoms with Crippen LogP contribution in [0.3, 0.4) is 0 Å². The molecule has 106 valence electrons. The van der Waals surface area contributed by atoms with Crippen LogP contribution in [0.5, 0.6) is 0 Å². The van der Waals surface area contributed by atoms with E-state index in [9.17, 15) is 8.42 Å². The largest absolute Gasteiger partial charge is 0.372 e. The van der Waals surface area contributed by atoms with Crippen LogP contribution in [-0.2, 0) is 14.6 Å². The van der Waals surface area contributed by atoms with Gasteiger partial charge in [-0.3, -0.25) is 0 Å². The molecule has 0 radical (unpaired) electrons. The first kappa shape index (κ1) is 14.8. The molecule has 2 heterocycles. The Balaban J connectivity index is 1.91. The van der Waals surface area contributed by atoms with Crippen molar-refractivity contribution in [2.75, 3.05) is 16.8 Å². The van der Waals surface area contributed by atoms with Crippen LogP contribution in [0.4, 0.5) is 0 Å². The Kier molecular flexibility index (Phi) is 4.44. The van der Waals surface area contributed by atoms with Crippen molar-refractivity contribution in [1.82, 2.24) is 0 Å². The fourth-order valence-electron chi connectivity index (χ4n) is 3.16. The predicted molar refractivity (Wildman–Crippen MR) is 76.8 cm³/mol. The van der Waals surface area contributed by atoms with Gasteiger partial charge in [0.05, 0.1) is 23.2 Å². The summed E-state index contributed by atoms with van der Waals surface area (Å²) in [5.41, 5.74) is 0.00326. The van der Waals surface area contributed by atoms with Gasteiger partial charge in [-0.25, -0.2) is 8.42 Å². The van der Waals surface area contributed by atoms with Crippen LogP contribution >= 0.6 is 15.9 Å². The molecule has 18 heavy (non-hydrogen) atoms. The molecule has 0 saturated carbocycles. The van der Waals surface area contributed by atoms with E-state index in [2.05, 4.69) is 29.8 Å². The molecular weight excluding hydrogens is 316 g/mol. The van der Waals surface area contributed by atoms with Gasteiger partial charge in [0, 0.05) is 5.33 Å².